The molecule has 0 aliphatic carbocycles. The normalized spacial score (nSPS) is 12.4. The van der Waals surface area contributed by atoms with Gasteiger partial charge in [-0.25, -0.2) is 0 Å². The molecule has 0 heterocycles. The van der Waals surface area contributed by atoms with Crippen LogP contribution in [-0.2, 0) is 0 Å². The van der Waals surface area contributed by atoms with Crippen molar-refractivity contribution in [2.45, 2.75) is 53.0 Å². The first-order chi connectivity index (χ1) is 8.63. The smallest absolute Gasteiger partial charge is 0.119 e. The van der Waals surface area contributed by atoms with Gasteiger partial charge in [0.05, 0.1) is 6.61 Å². The number of benzene rings is 1. The van der Waals surface area contributed by atoms with Crippen molar-refractivity contribution in [3.05, 3.63) is 29.3 Å². The highest BCUT2D eigenvalue weighted by atomic mass is 16.5. The summed E-state index contributed by atoms with van der Waals surface area (Å²) in [6.45, 7) is 10.5. The van der Waals surface area contributed by atoms with E-state index >= 15 is 0 Å². The van der Waals surface area contributed by atoms with Crippen LogP contribution in [0.15, 0.2) is 18.2 Å². The Kier molecular flexibility index (Phi) is 6.81. The lowest BCUT2D eigenvalue weighted by Crippen LogP contribution is -2.25. The molecule has 0 aliphatic heterocycles. The number of aryl methyl sites for hydroxylation is 2. The van der Waals surface area contributed by atoms with Gasteiger partial charge in [0.1, 0.15) is 5.75 Å². The zero-order valence-corrected chi connectivity index (χ0v) is 12.3. The maximum atomic E-state index is 5.76. The molecule has 1 atom stereocenters. The van der Waals surface area contributed by atoms with E-state index in [0.29, 0.717) is 6.04 Å². The van der Waals surface area contributed by atoms with Crippen LogP contribution >= 0.6 is 0 Å². The van der Waals surface area contributed by atoms with Crippen LogP contribution in [-0.4, -0.2) is 19.2 Å². The van der Waals surface area contributed by atoms with Gasteiger partial charge in [-0.3, -0.25) is 0 Å². The van der Waals surface area contributed by atoms with Crippen molar-refractivity contribution in [1.29, 1.82) is 0 Å². The van der Waals surface area contributed by atoms with Crippen LogP contribution in [0.3, 0.4) is 0 Å². The standard InChI is InChI=1S/C16H27NO/c1-5-17-15(4)8-6-7-11-18-16-10-9-13(2)14(3)12-16/h9-10,12,15,17H,5-8,11H2,1-4H3. The number of hydrogen-bond acceptors (Lipinski definition) is 2. The molecular weight excluding hydrogens is 222 g/mol. The van der Waals surface area contributed by atoms with Gasteiger partial charge in [0.25, 0.3) is 0 Å². The summed E-state index contributed by atoms with van der Waals surface area (Å²) < 4.78 is 5.76. The van der Waals surface area contributed by atoms with Crippen molar-refractivity contribution >= 4 is 0 Å². The summed E-state index contributed by atoms with van der Waals surface area (Å²) in [4.78, 5) is 0. The van der Waals surface area contributed by atoms with Gasteiger partial charge >= 0.3 is 0 Å². The molecule has 18 heavy (non-hydrogen) atoms. The zero-order chi connectivity index (χ0) is 13.4. The second-order valence-corrected chi connectivity index (χ2v) is 5.05. The van der Waals surface area contributed by atoms with Crippen LogP contribution < -0.4 is 10.1 Å². The van der Waals surface area contributed by atoms with Crippen molar-refractivity contribution in [2.75, 3.05) is 13.2 Å². The van der Waals surface area contributed by atoms with E-state index in [2.05, 4.69) is 51.2 Å². The first-order valence-corrected chi connectivity index (χ1v) is 7.07. The molecule has 1 unspecified atom stereocenters. The van der Waals surface area contributed by atoms with E-state index in [9.17, 15) is 0 Å². The maximum absolute atomic E-state index is 5.76. The number of nitrogens with one attached hydrogen (secondary N) is 1. The Hall–Kier alpha value is -1.02. The zero-order valence-electron chi connectivity index (χ0n) is 12.3. The fraction of sp³-hybridized carbons (Fsp3) is 0.625. The van der Waals surface area contributed by atoms with Gasteiger partial charge in [-0.1, -0.05) is 13.0 Å². The summed E-state index contributed by atoms with van der Waals surface area (Å²) in [6.07, 6.45) is 3.58. The maximum Gasteiger partial charge on any atom is 0.119 e. The Morgan fingerprint density at radius 1 is 1.17 bits per heavy atom. The van der Waals surface area contributed by atoms with Crippen LogP contribution in [0.4, 0.5) is 0 Å². The lowest BCUT2D eigenvalue weighted by molar-refractivity contribution is 0.301. The molecule has 0 spiro atoms. The Bertz CT molecular complexity index is 349. The fourth-order valence-electron chi connectivity index (χ4n) is 2.00. The topological polar surface area (TPSA) is 21.3 Å². The fourth-order valence-corrected chi connectivity index (χ4v) is 2.00. The quantitative estimate of drug-likeness (QED) is 0.707. The van der Waals surface area contributed by atoms with Gasteiger partial charge in [-0.15, -0.1) is 0 Å². The highest BCUT2D eigenvalue weighted by molar-refractivity contribution is 5.33. The van der Waals surface area contributed by atoms with E-state index in [4.69, 9.17) is 4.74 Å². The molecule has 0 saturated heterocycles. The van der Waals surface area contributed by atoms with Crippen molar-refractivity contribution in [1.82, 2.24) is 5.32 Å². The third-order valence-electron chi connectivity index (χ3n) is 3.33. The molecule has 0 aliphatic rings. The molecule has 1 N–H and O–H groups in total. The molecule has 0 radical (unpaired) electrons. The molecule has 2 heteroatoms. The Morgan fingerprint density at radius 3 is 2.61 bits per heavy atom. The highest BCUT2D eigenvalue weighted by Crippen LogP contribution is 2.16. The van der Waals surface area contributed by atoms with Crippen molar-refractivity contribution in [3.63, 3.8) is 0 Å². The average molecular weight is 249 g/mol. The van der Waals surface area contributed by atoms with Crippen LogP contribution in [0.1, 0.15) is 44.2 Å². The van der Waals surface area contributed by atoms with Gasteiger partial charge in [0.2, 0.25) is 0 Å². The highest BCUT2D eigenvalue weighted by Gasteiger charge is 2.00. The van der Waals surface area contributed by atoms with Gasteiger partial charge in [-0.2, -0.15) is 0 Å². The molecule has 1 aromatic rings. The molecular formula is C16H27NO. The summed E-state index contributed by atoms with van der Waals surface area (Å²) in [5, 5.41) is 3.43. The van der Waals surface area contributed by atoms with E-state index in [1.54, 1.807) is 0 Å². The van der Waals surface area contributed by atoms with E-state index < -0.39 is 0 Å². The molecule has 0 fully saturated rings. The number of unbranched alkanes of at least 4 members (excludes halogenated alkanes) is 1. The molecule has 102 valence electrons. The second-order valence-electron chi connectivity index (χ2n) is 5.05. The van der Waals surface area contributed by atoms with E-state index in [1.807, 2.05) is 0 Å². The SMILES string of the molecule is CCNC(C)CCCCOc1ccc(C)c(C)c1. The van der Waals surface area contributed by atoms with Gasteiger partial charge in [0, 0.05) is 6.04 Å². The van der Waals surface area contributed by atoms with Crippen LogP contribution in [0, 0.1) is 13.8 Å². The van der Waals surface area contributed by atoms with Crippen LogP contribution in [0.5, 0.6) is 5.75 Å². The van der Waals surface area contributed by atoms with E-state index in [-0.39, 0.29) is 0 Å². The summed E-state index contributed by atoms with van der Waals surface area (Å²) in [6, 6.07) is 6.93. The molecule has 1 aromatic carbocycles. The minimum absolute atomic E-state index is 0.622. The first kappa shape index (κ1) is 15.0. The van der Waals surface area contributed by atoms with Gasteiger partial charge in [-0.05, 0) is 69.8 Å². The average Bonchev–Trinajstić information content (AvgIpc) is 2.33. The number of hydrogen-bond donors (Lipinski definition) is 1. The third kappa shape index (κ3) is 5.54. The molecule has 0 saturated carbocycles. The Balaban J connectivity index is 2.16. The van der Waals surface area contributed by atoms with Crippen LogP contribution in [0.2, 0.25) is 0 Å². The first-order valence-electron chi connectivity index (χ1n) is 7.07. The minimum Gasteiger partial charge on any atom is -0.494 e. The minimum atomic E-state index is 0.622. The van der Waals surface area contributed by atoms with E-state index in [1.165, 1.54) is 24.0 Å². The lowest BCUT2D eigenvalue weighted by Gasteiger charge is -2.12. The Labute approximate surface area is 112 Å². The van der Waals surface area contributed by atoms with Crippen molar-refractivity contribution in [3.8, 4) is 5.75 Å². The predicted molar refractivity (Wildman–Crippen MR) is 78.4 cm³/mol. The van der Waals surface area contributed by atoms with Crippen molar-refractivity contribution < 1.29 is 4.74 Å². The number of ether oxygens (including phenoxy) is 1. The molecule has 1 rings (SSSR count). The van der Waals surface area contributed by atoms with Crippen molar-refractivity contribution in [2.24, 2.45) is 0 Å². The van der Waals surface area contributed by atoms with E-state index in [0.717, 1.165) is 25.3 Å². The monoisotopic (exact) mass is 249 g/mol. The van der Waals surface area contributed by atoms with Crippen LogP contribution in [0.25, 0.3) is 0 Å². The van der Waals surface area contributed by atoms with Gasteiger partial charge < -0.3 is 10.1 Å². The Morgan fingerprint density at radius 2 is 1.94 bits per heavy atom. The molecule has 2 nitrogen and oxygen atoms in total. The molecule has 0 amide bonds. The lowest BCUT2D eigenvalue weighted by atomic mass is 10.1. The second kappa shape index (κ2) is 8.15. The summed E-state index contributed by atoms with van der Waals surface area (Å²) in [7, 11) is 0. The molecule has 0 bridgehead atoms. The number of rotatable bonds is 8. The molecule has 0 aromatic heterocycles. The third-order valence-corrected chi connectivity index (χ3v) is 3.33. The summed E-state index contributed by atoms with van der Waals surface area (Å²) in [5.41, 5.74) is 2.62. The largest absolute Gasteiger partial charge is 0.494 e. The summed E-state index contributed by atoms with van der Waals surface area (Å²) in [5.74, 6) is 0.998. The van der Waals surface area contributed by atoms with Gasteiger partial charge in [0.15, 0.2) is 0 Å². The predicted octanol–water partition coefficient (Wildman–Crippen LogP) is 3.85. The summed E-state index contributed by atoms with van der Waals surface area (Å²) >= 11 is 0.